The molecule has 0 saturated carbocycles. The second-order valence-electron chi connectivity index (χ2n) is 2.54. The molecule has 0 amide bonds. The van der Waals surface area contributed by atoms with Crippen molar-refractivity contribution in [3.63, 3.8) is 0 Å². The smallest absolute Gasteiger partial charge is 0.0963 e. The summed E-state index contributed by atoms with van der Waals surface area (Å²) in [5, 5.41) is 10.3. The number of pyridine rings is 1. The maximum atomic E-state index is 9.28. The Labute approximate surface area is 77.0 Å². The molecule has 0 aliphatic rings. The number of aromatic nitrogens is 1. The van der Waals surface area contributed by atoms with Crippen molar-refractivity contribution >= 4 is 11.8 Å². The molecule has 66 valence electrons. The van der Waals surface area contributed by atoms with Gasteiger partial charge in [-0.25, -0.2) is 4.98 Å². The lowest BCUT2D eigenvalue weighted by molar-refractivity contribution is 0.199. The van der Waals surface area contributed by atoms with Gasteiger partial charge in [-0.1, -0.05) is 6.92 Å². The molecule has 0 aromatic carbocycles. The van der Waals surface area contributed by atoms with E-state index in [0.29, 0.717) is 0 Å². The number of hydrogen-bond acceptors (Lipinski definition) is 3. The normalized spacial score (nSPS) is 12.9. The van der Waals surface area contributed by atoms with Gasteiger partial charge in [-0.15, -0.1) is 11.8 Å². The highest BCUT2D eigenvalue weighted by atomic mass is 32.2. The zero-order valence-corrected chi connectivity index (χ0v) is 8.14. The second kappa shape index (κ2) is 4.48. The summed E-state index contributed by atoms with van der Waals surface area (Å²) in [5.74, 6) is 1.01. The molecule has 0 saturated heterocycles. The fourth-order valence-electron chi connectivity index (χ4n) is 0.911. The first kappa shape index (κ1) is 9.55. The van der Waals surface area contributed by atoms with E-state index >= 15 is 0 Å². The van der Waals surface area contributed by atoms with Gasteiger partial charge in [-0.3, -0.25) is 0 Å². The number of thioether (sulfide) groups is 1. The summed E-state index contributed by atoms with van der Waals surface area (Å²) < 4.78 is 0. The molecule has 0 unspecified atom stereocenters. The maximum Gasteiger partial charge on any atom is 0.0963 e. The van der Waals surface area contributed by atoms with E-state index in [1.54, 1.807) is 24.9 Å². The number of nitrogens with zero attached hydrogens (tertiary/aromatic N) is 1. The molecule has 1 aromatic rings. The molecule has 12 heavy (non-hydrogen) atoms. The Bertz CT molecular complexity index is 250. The average Bonchev–Trinajstić information content (AvgIpc) is 2.05. The fourth-order valence-corrected chi connectivity index (χ4v) is 1.56. The largest absolute Gasteiger partial charge is 0.389 e. The van der Waals surface area contributed by atoms with E-state index in [1.165, 1.54) is 0 Å². The van der Waals surface area contributed by atoms with E-state index in [4.69, 9.17) is 0 Å². The molecule has 1 aromatic heterocycles. The van der Waals surface area contributed by atoms with Crippen LogP contribution in [-0.4, -0.2) is 15.8 Å². The van der Waals surface area contributed by atoms with Crippen LogP contribution < -0.4 is 0 Å². The minimum atomic E-state index is -0.399. The van der Waals surface area contributed by atoms with Crippen LogP contribution in [0, 0.1) is 0 Å². The third-order valence-corrected chi connectivity index (χ3v) is 2.34. The molecule has 1 N–H and O–H groups in total. The molecule has 0 bridgehead atoms. The molecule has 0 spiro atoms. The molecular formula is C9H13NOS. The van der Waals surface area contributed by atoms with Crippen LogP contribution in [-0.2, 0) is 0 Å². The van der Waals surface area contributed by atoms with Crippen molar-refractivity contribution in [1.29, 1.82) is 0 Å². The number of hydrogen-bond donors (Lipinski definition) is 1. The van der Waals surface area contributed by atoms with Crippen molar-refractivity contribution in [2.45, 2.75) is 25.0 Å². The van der Waals surface area contributed by atoms with Crippen molar-refractivity contribution < 1.29 is 5.11 Å². The first-order chi connectivity index (χ1) is 5.74. The predicted molar refractivity (Wildman–Crippen MR) is 51.3 cm³/mol. The van der Waals surface area contributed by atoms with Crippen molar-refractivity contribution in [2.75, 3.05) is 5.75 Å². The Morgan fingerprint density at radius 3 is 3.00 bits per heavy atom. The Balaban J connectivity index is 2.81. The summed E-state index contributed by atoms with van der Waals surface area (Å²) in [6, 6.07) is 3.77. The first-order valence-electron chi connectivity index (χ1n) is 4.01. The minimum Gasteiger partial charge on any atom is -0.389 e. The number of rotatable bonds is 3. The molecule has 1 rings (SSSR count). The zero-order chi connectivity index (χ0) is 8.97. The topological polar surface area (TPSA) is 33.1 Å². The highest BCUT2D eigenvalue weighted by molar-refractivity contribution is 7.99. The molecule has 0 aliphatic carbocycles. The van der Waals surface area contributed by atoms with E-state index < -0.39 is 6.10 Å². The van der Waals surface area contributed by atoms with Crippen LogP contribution in [0.4, 0.5) is 0 Å². The summed E-state index contributed by atoms with van der Waals surface area (Å²) in [6.45, 7) is 3.84. The van der Waals surface area contributed by atoms with E-state index in [-0.39, 0.29) is 0 Å². The second-order valence-corrected chi connectivity index (χ2v) is 3.82. The summed E-state index contributed by atoms with van der Waals surface area (Å²) >= 11 is 1.68. The van der Waals surface area contributed by atoms with Gasteiger partial charge in [-0.2, -0.15) is 0 Å². The van der Waals surface area contributed by atoms with Gasteiger partial charge in [0.15, 0.2) is 0 Å². The van der Waals surface area contributed by atoms with Gasteiger partial charge in [0.25, 0.3) is 0 Å². The van der Waals surface area contributed by atoms with E-state index in [0.717, 1.165) is 16.3 Å². The SMILES string of the molecule is CCSc1cc([C@H](C)O)ccn1. The van der Waals surface area contributed by atoms with Gasteiger partial charge in [0.05, 0.1) is 11.1 Å². The molecular weight excluding hydrogens is 170 g/mol. The van der Waals surface area contributed by atoms with Gasteiger partial charge in [0.1, 0.15) is 0 Å². The molecule has 0 fully saturated rings. The maximum absolute atomic E-state index is 9.28. The average molecular weight is 183 g/mol. The molecule has 1 atom stereocenters. The highest BCUT2D eigenvalue weighted by Gasteiger charge is 2.01. The third kappa shape index (κ3) is 2.50. The quantitative estimate of drug-likeness (QED) is 0.730. The van der Waals surface area contributed by atoms with Crippen LogP contribution >= 0.6 is 11.8 Å². The Kier molecular flexibility index (Phi) is 3.56. The summed E-state index contributed by atoms with van der Waals surface area (Å²) in [7, 11) is 0. The molecule has 1 heterocycles. The van der Waals surface area contributed by atoms with Crippen LogP contribution in [0.15, 0.2) is 23.4 Å². The molecule has 0 aliphatic heterocycles. The standard InChI is InChI=1S/C9H13NOS/c1-3-12-9-6-8(7(2)11)4-5-10-9/h4-7,11H,3H2,1-2H3/t7-/m0/s1. The third-order valence-electron chi connectivity index (χ3n) is 1.53. The molecule has 0 radical (unpaired) electrons. The van der Waals surface area contributed by atoms with Gasteiger partial charge in [-0.05, 0) is 30.4 Å². The van der Waals surface area contributed by atoms with Crippen molar-refractivity contribution in [2.24, 2.45) is 0 Å². The van der Waals surface area contributed by atoms with Crippen molar-refractivity contribution in [1.82, 2.24) is 4.98 Å². The monoisotopic (exact) mass is 183 g/mol. The minimum absolute atomic E-state index is 0.399. The van der Waals surface area contributed by atoms with Gasteiger partial charge >= 0.3 is 0 Å². The lowest BCUT2D eigenvalue weighted by atomic mass is 10.2. The fraction of sp³-hybridized carbons (Fsp3) is 0.444. The molecule has 3 heteroatoms. The number of aliphatic hydroxyl groups excluding tert-OH is 1. The van der Waals surface area contributed by atoms with Crippen LogP contribution in [0.25, 0.3) is 0 Å². The van der Waals surface area contributed by atoms with Crippen LogP contribution in [0.2, 0.25) is 0 Å². The summed E-state index contributed by atoms with van der Waals surface area (Å²) in [4.78, 5) is 4.16. The van der Waals surface area contributed by atoms with E-state index in [9.17, 15) is 5.11 Å². The van der Waals surface area contributed by atoms with Crippen molar-refractivity contribution in [3.05, 3.63) is 23.9 Å². The van der Waals surface area contributed by atoms with Crippen LogP contribution in [0.3, 0.4) is 0 Å². The van der Waals surface area contributed by atoms with Gasteiger partial charge in [0, 0.05) is 6.20 Å². The van der Waals surface area contributed by atoms with Crippen LogP contribution in [0.5, 0.6) is 0 Å². The lowest BCUT2D eigenvalue weighted by Crippen LogP contribution is -1.92. The Morgan fingerprint density at radius 1 is 1.67 bits per heavy atom. The molecule has 2 nitrogen and oxygen atoms in total. The summed E-state index contributed by atoms with van der Waals surface area (Å²) in [5.41, 5.74) is 0.931. The van der Waals surface area contributed by atoms with E-state index in [1.807, 2.05) is 12.1 Å². The number of aliphatic hydroxyl groups is 1. The highest BCUT2D eigenvalue weighted by Crippen LogP contribution is 2.19. The van der Waals surface area contributed by atoms with Crippen LogP contribution in [0.1, 0.15) is 25.5 Å². The predicted octanol–water partition coefficient (Wildman–Crippen LogP) is 2.25. The van der Waals surface area contributed by atoms with Gasteiger partial charge in [0.2, 0.25) is 0 Å². The van der Waals surface area contributed by atoms with E-state index in [2.05, 4.69) is 11.9 Å². The summed E-state index contributed by atoms with van der Waals surface area (Å²) in [6.07, 6.45) is 1.34. The Hall–Kier alpha value is -0.540. The Morgan fingerprint density at radius 2 is 2.42 bits per heavy atom. The zero-order valence-electron chi connectivity index (χ0n) is 7.32. The van der Waals surface area contributed by atoms with Gasteiger partial charge < -0.3 is 5.11 Å². The first-order valence-corrected chi connectivity index (χ1v) is 4.99. The lowest BCUT2D eigenvalue weighted by Gasteiger charge is -2.05. The van der Waals surface area contributed by atoms with Crippen molar-refractivity contribution in [3.8, 4) is 0 Å².